The van der Waals surface area contributed by atoms with Crippen molar-refractivity contribution in [3.8, 4) is 0 Å². The molecule has 2 amide bonds. The summed E-state index contributed by atoms with van der Waals surface area (Å²) in [4.78, 5) is 13.5. The molecule has 1 aromatic rings. The monoisotopic (exact) mass is 245 g/mol. The van der Waals surface area contributed by atoms with Gasteiger partial charge in [-0.05, 0) is 25.8 Å². The van der Waals surface area contributed by atoms with E-state index >= 15 is 0 Å². The molecule has 1 atom stereocenters. The lowest BCUT2D eigenvalue weighted by Gasteiger charge is -2.23. The Morgan fingerprint density at radius 3 is 2.44 bits per heavy atom. The van der Waals surface area contributed by atoms with Crippen LogP contribution in [0.5, 0.6) is 0 Å². The van der Waals surface area contributed by atoms with Crippen LogP contribution >= 0.6 is 0 Å². The second-order valence-electron chi connectivity index (χ2n) is 4.86. The van der Waals surface area contributed by atoms with E-state index in [4.69, 9.17) is 5.41 Å². The molecule has 2 rings (SSSR count). The van der Waals surface area contributed by atoms with Gasteiger partial charge in [-0.2, -0.15) is 0 Å². The topological polar surface area (TPSA) is 56.2 Å². The molecule has 0 bridgehead atoms. The van der Waals surface area contributed by atoms with Gasteiger partial charge in [-0.1, -0.05) is 36.2 Å². The Kier molecular flexibility index (Phi) is 3.36. The third-order valence-electron chi connectivity index (χ3n) is 3.11. The number of hydrogen-bond acceptors (Lipinski definition) is 2. The van der Waals surface area contributed by atoms with Crippen molar-refractivity contribution in [2.24, 2.45) is 0 Å². The van der Waals surface area contributed by atoms with Gasteiger partial charge < -0.3 is 4.90 Å². The number of hydrogen-bond donors (Lipinski definition) is 2. The van der Waals surface area contributed by atoms with Gasteiger partial charge in [0.1, 0.15) is 11.9 Å². The fourth-order valence-electron chi connectivity index (χ4n) is 2.51. The van der Waals surface area contributed by atoms with E-state index in [2.05, 4.69) is 23.5 Å². The minimum atomic E-state index is -0.254. The molecule has 1 unspecified atom stereocenters. The van der Waals surface area contributed by atoms with Crippen molar-refractivity contribution in [2.45, 2.75) is 33.2 Å². The van der Waals surface area contributed by atoms with E-state index in [1.54, 1.807) is 4.90 Å². The van der Waals surface area contributed by atoms with Gasteiger partial charge in [-0.3, -0.25) is 10.7 Å². The van der Waals surface area contributed by atoms with E-state index in [0.717, 1.165) is 23.1 Å². The first kappa shape index (κ1) is 12.6. The fourth-order valence-corrected chi connectivity index (χ4v) is 2.51. The van der Waals surface area contributed by atoms with Gasteiger partial charge in [0.25, 0.3) is 0 Å². The van der Waals surface area contributed by atoms with E-state index in [-0.39, 0.29) is 17.9 Å². The lowest BCUT2D eigenvalue weighted by molar-refractivity contribution is 0.206. The molecule has 0 radical (unpaired) electrons. The molecule has 96 valence electrons. The van der Waals surface area contributed by atoms with E-state index in [9.17, 15) is 4.79 Å². The van der Waals surface area contributed by atoms with Gasteiger partial charge in [-0.15, -0.1) is 0 Å². The fraction of sp³-hybridized carbons (Fsp3) is 0.429. The highest BCUT2D eigenvalue weighted by Crippen LogP contribution is 2.27. The Hall–Kier alpha value is -1.84. The van der Waals surface area contributed by atoms with Crippen LogP contribution in [0.15, 0.2) is 18.2 Å². The number of aryl methyl sites for hydroxylation is 2. The molecular formula is C14H19N3O. The third kappa shape index (κ3) is 2.23. The van der Waals surface area contributed by atoms with Crippen LogP contribution in [-0.4, -0.2) is 23.3 Å². The zero-order chi connectivity index (χ0) is 13.3. The molecule has 1 aliphatic heterocycles. The number of nitrogens with one attached hydrogen (secondary N) is 2. The smallest absolute Gasteiger partial charge is 0.310 e. The van der Waals surface area contributed by atoms with Gasteiger partial charge in [0.2, 0.25) is 0 Å². The molecular weight excluding hydrogens is 226 g/mol. The van der Waals surface area contributed by atoms with E-state index in [1.807, 2.05) is 20.8 Å². The average Bonchev–Trinajstić information content (AvgIpc) is 2.53. The maximum absolute atomic E-state index is 11.8. The number of amides is 2. The molecule has 1 aliphatic rings. The summed E-state index contributed by atoms with van der Waals surface area (Å²) in [5.74, 6) is 0.276. The summed E-state index contributed by atoms with van der Waals surface area (Å²) in [6, 6.07) is 5.79. The van der Waals surface area contributed by atoms with Gasteiger partial charge in [0.05, 0.1) is 0 Å². The minimum absolute atomic E-state index is 0.161. The van der Waals surface area contributed by atoms with Gasteiger partial charge >= 0.3 is 6.03 Å². The zero-order valence-corrected chi connectivity index (χ0v) is 11.1. The van der Waals surface area contributed by atoms with Crippen LogP contribution in [0.4, 0.5) is 4.79 Å². The summed E-state index contributed by atoms with van der Waals surface area (Å²) >= 11 is 0. The SMILES string of the molecule is CCCN1C(=O)NC(=N)C1c1cc(C)cc(C)c1. The predicted octanol–water partition coefficient (Wildman–Crippen LogP) is 2.76. The van der Waals surface area contributed by atoms with Crippen molar-refractivity contribution in [1.82, 2.24) is 10.2 Å². The van der Waals surface area contributed by atoms with Crippen LogP contribution in [-0.2, 0) is 0 Å². The standard InChI is InChI=1S/C14H19N3O/c1-4-5-17-12(13(15)16-14(17)18)11-7-9(2)6-10(3)8-11/h6-8,12H,4-5H2,1-3H3,(H2,15,16,18). The van der Waals surface area contributed by atoms with Crippen molar-refractivity contribution in [3.05, 3.63) is 34.9 Å². The lowest BCUT2D eigenvalue weighted by atomic mass is 10.0. The molecule has 0 saturated carbocycles. The number of benzene rings is 1. The molecule has 0 aliphatic carbocycles. The number of nitrogens with zero attached hydrogens (tertiary/aromatic N) is 1. The van der Waals surface area contributed by atoms with Gasteiger partial charge in [0.15, 0.2) is 0 Å². The summed E-state index contributed by atoms with van der Waals surface area (Å²) in [6.07, 6.45) is 0.891. The first-order valence-electron chi connectivity index (χ1n) is 6.27. The van der Waals surface area contributed by atoms with E-state index < -0.39 is 0 Å². The predicted molar refractivity (Wildman–Crippen MR) is 71.9 cm³/mol. The largest absolute Gasteiger partial charge is 0.323 e. The molecule has 0 spiro atoms. The number of amidine groups is 1. The molecule has 18 heavy (non-hydrogen) atoms. The highest BCUT2D eigenvalue weighted by atomic mass is 16.2. The first-order valence-corrected chi connectivity index (χ1v) is 6.27. The van der Waals surface area contributed by atoms with Crippen molar-refractivity contribution in [2.75, 3.05) is 6.54 Å². The van der Waals surface area contributed by atoms with Crippen molar-refractivity contribution >= 4 is 11.9 Å². The summed E-state index contributed by atoms with van der Waals surface area (Å²) < 4.78 is 0. The van der Waals surface area contributed by atoms with Crippen molar-refractivity contribution < 1.29 is 4.79 Å². The maximum Gasteiger partial charge on any atom is 0.323 e. The van der Waals surface area contributed by atoms with Crippen molar-refractivity contribution in [3.63, 3.8) is 0 Å². The van der Waals surface area contributed by atoms with Crippen LogP contribution < -0.4 is 5.32 Å². The second-order valence-corrected chi connectivity index (χ2v) is 4.86. The highest BCUT2D eigenvalue weighted by molar-refractivity contribution is 6.06. The third-order valence-corrected chi connectivity index (χ3v) is 3.11. The number of urea groups is 1. The first-order chi connectivity index (χ1) is 8.52. The van der Waals surface area contributed by atoms with Crippen LogP contribution in [0.1, 0.15) is 36.1 Å². The molecule has 2 N–H and O–H groups in total. The van der Waals surface area contributed by atoms with Crippen LogP contribution in [0, 0.1) is 19.3 Å². The Morgan fingerprint density at radius 2 is 1.89 bits per heavy atom. The molecule has 0 aromatic heterocycles. The van der Waals surface area contributed by atoms with Crippen LogP contribution in [0.2, 0.25) is 0 Å². The Balaban J connectivity index is 2.40. The Labute approximate surface area is 108 Å². The maximum atomic E-state index is 11.8. The molecule has 4 nitrogen and oxygen atoms in total. The molecule has 1 aromatic carbocycles. The van der Waals surface area contributed by atoms with Crippen molar-refractivity contribution in [1.29, 1.82) is 5.41 Å². The van der Waals surface area contributed by atoms with E-state index in [1.165, 1.54) is 0 Å². The second kappa shape index (κ2) is 4.80. The lowest BCUT2D eigenvalue weighted by Crippen LogP contribution is -2.30. The Bertz CT molecular complexity index is 476. The minimum Gasteiger partial charge on any atom is -0.310 e. The number of rotatable bonds is 3. The Morgan fingerprint density at radius 1 is 1.28 bits per heavy atom. The summed E-state index contributed by atoms with van der Waals surface area (Å²) in [6.45, 7) is 6.78. The zero-order valence-electron chi connectivity index (χ0n) is 11.1. The number of carbonyl (C=O) groups is 1. The normalized spacial score (nSPS) is 19.3. The van der Waals surface area contributed by atoms with Gasteiger partial charge in [0, 0.05) is 6.54 Å². The summed E-state index contributed by atoms with van der Waals surface area (Å²) in [5, 5.41) is 10.6. The molecule has 1 heterocycles. The highest BCUT2D eigenvalue weighted by Gasteiger charge is 2.36. The van der Waals surface area contributed by atoms with Gasteiger partial charge in [-0.25, -0.2) is 4.79 Å². The summed E-state index contributed by atoms with van der Waals surface area (Å²) in [5.41, 5.74) is 3.34. The molecule has 1 saturated heterocycles. The van der Waals surface area contributed by atoms with Crippen LogP contribution in [0.3, 0.4) is 0 Å². The quantitative estimate of drug-likeness (QED) is 0.845. The van der Waals surface area contributed by atoms with E-state index in [0.29, 0.717) is 6.54 Å². The molecule has 4 heteroatoms. The summed E-state index contributed by atoms with van der Waals surface area (Å²) in [7, 11) is 0. The number of carbonyl (C=O) groups excluding carboxylic acids is 1. The van der Waals surface area contributed by atoms with Crippen LogP contribution in [0.25, 0.3) is 0 Å². The average molecular weight is 245 g/mol. The molecule has 1 fully saturated rings.